The third kappa shape index (κ3) is 3.37. The molecule has 0 unspecified atom stereocenters. The van der Waals surface area contributed by atoms with Gasteiger partial charge in [0.05, 0.1) is 0 Å². The summed E-state index contributed by atoms with van der Waals surface area (Å²) in [5.41, 5.74) is 0.921. The number of rotatable bonds is 3. The molecule has 0 saturated carbocycles. The van der Waals surface area contributed by atoms with E-state index < -0.39 is 0 Å². The number of thiazole rings is 1. The third-order valence-electron chi connectivity index (χ3n) is 3.35. The Balaban J connectivity index is 1.65. The number of carbonyl (C=O) groups is 1. The predicted octanol–water partition coefficient (Wildman–Crippen LogP) is 1.70. The topological polar surface area (TPSA) is 57.3 Å². The van der Waals surface area contributed by atoms with Crippen molar-refractivity contribution >= 4 is 28.1 Å². The first-order valence-corrected chi connectivity index (χ1v) is 7.54. The van der Waals surface area contributed by atoms with Crippen molar-refractivity contribution in [3.63, 3.8) is 0 Å². The normalized spacial score (nSPS) is 18.5. The first-order chi connectivity index (χ1) is 10.2. The summed E-state index contributed by atoms with van der Waals surface area (Å²) in [6.07, 6.45) is 1.65. The second kappa shape index (κ2) is 6.19. The van der Waals surface area contributed by atoms with E-state index in [0.717, 1.165) is 12.2 Å². The number of hydrogen-bond acceptors (Lipinski definition) is 5. The SMILES string of the molecule is O=C(Nc1nccs1)[C@H]1CN(c2ccc(F)cc2)CCN1. The van der Waals surface area contributed by atoms with Gasteiger partial charge in [-0.1, -0.05) is 0 Å². The molecule has 1 fully saturated rings. The highest BCUT2D eigenvalue weighted by Crippen LogP contribution is 2.17. The number of piperazine rings is 1. The number of halogens is 1. The lowest BCUT2D eigenvalue weighted by Crippen LogP contribution is -2.55. The van der Waals surface area contributed by atoms with Crippen LogP contribution >= 0.6 is 11.3 Å². The van der Waals surface area contributed by atoms with Crippen molar-refractivity contribution in [3.8, 4) is 0 Å². The van der Waals surface area contributed by atoms with Gasteiger partial charge in [-0.05, 0) is 24.3 Å². The molecule has 1 aliphatic rings. The number of benzene rings is 1. The first-order valence-electron chi connectivity index (χ1n) is 6.66. The van der Waals surface area contributed by atoms with Gasteiger partial charge in [-0.15, -0.1) is 11.3 Å². The minimum Gasteiger partial charge on any atom is -0.368 e. The minimum absolute atomic E-state index is 0.100. The maximum atomic E-state index is 13.0. The first kappa shape index (κ1) is 14.0. The van der Waals surface area contributed by atoms with Crippen LogP contribution in [0.1, 0.15) is 0 Å². The van der Waals surface area contributed by atoms with Crippen LogP contribution in [-0.4, -0.2) is 36.6 Å². The van der Waals surface area contributed by atoms with E-state index in [-0.39, 0.29) is 17.8 Å². The minimum atomic E-state index is -0.312. The van der Waals surface area contributed by atoms with E-state index in [4.69, 9.17) is 0 Å². The molecule has 1 saturated heterocycles. The summed E-state index contributed by atoms with van der Waals surface area (Å²) in [6.45, 7) is 2.03. The van der Waals surface area contributed by atoms with Gasteiger partial charge in [0.15, 0.2) is 5.13 Å². The Morgan fingerprint density at radius 2 is 2.24 bits per heavy atom. The highest BCUT2D eigenvalue weighted by Gasteiger charge is 2.25. The van der Waals surface area contributed by atoms with Crippen LogP contribution in [0, 0.1) is 5.82 Å². The Morgan fingerprint density at radius 3 is 2.95 bits per heavy atom. The molecule has 0 radical (unpaired) electrons. The molecule has 1 aromatic heterocycles. The molecular formula is C14H15FN4OS. The fourth-order valence-corrected chi connectivity index (χ4v) is 2.82. The average Bonchev–Trinajstić information content (AvgIpc) is 3.01. The summed E-state index contributed by atoms with van der Waals surface area (Å²) in [6, 6.07) is 6.02. The quantitative estimate of drug-likeness (QED) is 0.906. The number of carbonyl (C=O) groups excluding carboxylic acids is 1. The lowest BCUT2D eigenvalue weighted by Gasteiger charge is -2.34. The van der Waals surface area contributed by atoms with Crippen LogP contribution in [0.4, 0.5) is 15.2 Å². The fraction of sp³-hybridized carbons (Fsp3) is 0.286. The molecule has 1 amide bonds. The Hall–Kier alpha value is -1.99. The van der Waals surface area contributed by atoms with E-state index in [0.29, 0.717) is 18.2 Å². The lowest BCUT2D eigenvalue weighted by atomic mass is 10.1. The molecule has 2 heterocycles. The van der Waals surface area contributed by atoms with Gasteiger partial charge in [0.25, 0.3) is 0 Å². The summed E-state index contributed by atoms with van der Waals surface area (Å²) in [4.78, 5) is 18.3. The van der Waals surface area contributed by atoms with Gasteiger partial charge in [-0.25, -0.2) is 9.37 Å². The second-order valence-electron chi connectivity index (χ2n) is 4.76. The van der Waals surface area contributed by atoms with Gasteiger partial charge in [-0.3, -0.25) is 4.79 Å². The van der Waals surface area contributed by atoms with Crippen LogP contribution in [0.25, 0.3) is 0 Å². The van der Waals surface area contributed by atoms with Gasteiger partial charge in [-0.2, -0.15) is 0 Å². The third-order valence-corrected chi connectivity index (χ3v) is 4.03. The summed E-state index contributed by atoms with van der Waals surface area (Å²) >= 11 is 1.39. The highest BCUT2D eigenvalue weighted by atomic mass is 32.1. The molecule has 2 N–H and O–H groups in total. The monoisotopic (exact) mass is 306 g/mol. The Labute approximate surface area is 125 Å². The van der Waals surface area contributed by atoms with Crippen LogP contribution in [0.3, 0.4) is 0 Å². The van der Waals surface area contributed by atoms with Crippen LogP contribution in [0.5, 0.6) is 0 Å². The maximum Gasteiger partial charge on any atom is 0.245 e. The summed E-state index contributed by atoms with van der Waals surface area (Å²) in [5, 5.41) is 8.40. The standard InChI is InChI=1S/C14H15FN4OS/c15-10-1-3-11(4-2-10)19-7-5-16-12(9-19)13(20)18-14-17-6-8-21-14/h1-4,6,8,12,16H,5,7,9H2,(H,17,18,20)/t12-/m1/s1. The van der Waals surface area contributed by atoms with Gasteiger partial charge in [0.2, 0.25) is 5.91 Å². The Kier molecular flexibility index (Phi) is 4.12. The molecule has 5 nitrogen and oxygen atoms in total. The smallest absolute Gasteiger partial charge is 0.245 e. The number of nitrogens with one attached hydrogen (secondary N) is 2. The van der Waals surface area contributed by atoms with Crippen molar-refractivity contribution in [2.45, 2.75) is 6.04 Å². The molecule has 7 heteroatoms. The zero-order valence-corrected chi connectivity index (χ0v) is 12.1. The van der Waals surface area contributed by atoms with E-state index in [1.165, 1.54) is 23.5 Å². The van der Waals surface area contributed by atoms with Gasteiger partial charge < -0.3 is 15.5 Å². The molecule has 3 rings (SSSR count). The molecule has 2 aromatic rings. The zero-order valence-electron chi connectivity index (χ0n) is 11.3. The summed E-state index contributed by atoms with van der Waals surface area (Å²) in [5.74, 6) is -0.358. The Morgan fingerprint density at radius 1 is 1.43 bits per heavy atom. The number of nitrogens with zero attached hydrogens (tertiary/aromatic N) is 2. The van der Waals surface area contributed by atoms with Crippen LogP contribution in [-0.2, 0) is 4.79 Å². The predicted molar refractivity (Wildman–Crippen MR) is 81.1 cm³/mol. The average molecular weight is 306 g/mol. The zero-order chi connectivity index (χ0) is 14.7. The number of amides is 1. The largest absolute Gasteiger partial charge is 0.368 e. The molecule has 1 atom stereocenters. The Bertz CT molecular complexity index is 602. The van der Waals surface area contributed by atoms with E-state index in [1.807, 2.05) is 5.38 Å². The molecule has 1 aromatic carbocycles. The molecule has 110 valence electrons. The van der Waals surface area contributed by atoms with Crippen molar-refractivity contribution in [1.82, 2.24) is 10.3 Å². The summed E-state index contributed by atoms with van der Waals surface area (Å²) < 4.78 is 13.0. The lowest BCUT2D eigenvalue weighted by molar-refractivity contribution is -0.118. The van der Waals surface area contributed by atoms with E-state index in [1.54, 1.807) is 18.3 Å². The van der Waals surface area contributed by atoms with Crippen molar-refractivity contribution in [3.05, 3.63) is 41.7 Å². The van der Waals surface area contributed by atoms with Crippen LogP contribution < -0.4 is 15.5 Å². The van der Waals surface area contributed by atoms with Crippen molar-refractivity contribution < 1.29 is 9.18 Å². The van der Waals surface area contributed by atoms with Crippen molar-refractivity contribution in [1.29, 1.82) is 0 Å². The van der Waals surface area contributed by atoms with Gasteiger partial charge >= 0.3 is 0 Å². The van der Waals surface area contributed by atoms with E-state index >= 15 is 0 Å². The van der Waals surface area contributed by atoms with Crippen LogP contribution in [0.15, 0.2) is 35.8 Å². The molecular weight excluding hydrogens is 291 g/mol. The van der Waals surface area contributed by atoms with E-state index in [9.17, 15) is 9.18 Å². The molecule has 0 spiro atoms. The number of anilines is 2. The van der Waals surface area contributed by atoms with Crippen molar-refractivity contribution in [2.24, 2.45) is 0 Å². The van der Waals surface area contributed by atoms with Crippen molar-refractivity contribution in [2.75, 3.05) is 29.9 Å². The molecule has 1 aliphatic heterocycles. The second-order valence-corrected chi connectivity index (χ2v) is 5.65. The summed E-state index contributed by atoms with van der Waals surface area (Å²) in [7, 11) is 0. The van der Waals surface area contributed by atoms with Gasteiger partial charge in [0.1, 0.15) is 11.9 Å². The molecule has 0 bridgehead atoms. The van der Waals surface area contributed by atoms with Gasteiger partial charge in [0, 0.05) is 36.9 Å². The number of aromatic nitrogens is 1. The molecule has 0 aliphatic carbocycles. The highest BCUT2D eigenvalue weighted by molar-refractivity contribution is 7.13. The maximum absolute atomic E-state index is 13.0. The fourth-order valence-electron chi connectivity index (χ4n) is 2.29. The molecule has 21 heavy (non-hydrogen) atoms. The number of hydrogen-bond donors (Lipinski definition) is 2. The van der Waals surface area contributed by atoms with E-state index in [2.05, 4.69) is 20.5 Å². The van der Waals surface area contributed by atoms with Crippen LogP contribution in [0.2, 0.25) is 0 Å².